The van der Waals surface area contributed by atoms with Gasteiger partial charge in [0.25, 0.3) is 0 Å². The minimum atomic E-state index is -0.656. The van der Waals surface area contributed by atoms with Gasteiger partial charge < -0.3 is 14.6 Å². The third-order valence-electron chi connectivity index (χ3n) is 16.2. The third-order valence-corrected chi connectivity index (χ3v) is 16.2. The molecule has 0 heterocycles. The molecular formula is C47H68O6. The van der Waals surface area contributed by atoms with Crippen LogP contribution in [0.25, 0.3) is 5.57 Å². The molecule has 0 bridgehead atoms. The van der Waals surface area contributed by atoms with Crippen LogP contribution in [-0.4, -0.2) is 35.2 Å². The van der Waals surface area contributed by atoms with Gasteiger partial charge in [-0.25, -0.2) is 4.79 Å². The van der Waals surface area contributed by atoms with Gasteiger partial charge in [0.05, 0.1) is 17.6 Å². The van der Waals surface area contributed by atoms with Crippen molar-refractivity contribution in [2.24, 2.45) is 56.7 Å². The van der Waals surface area contributed by atoms with E-state index in [1.165, 1.54) is 23.1 Å². The number of fused-ring (bicyclic) bond motifs is 7. The molecule has 5 aliphatic rings. The van der Waals surface area contributed by atoms with Crippen LogP contribution in [0.1, 0.15) is 162 Å². The quantitative estimate of drug-likeness (QED) is 0.147. The number of hydrogen-bond donors (Lipinski definition) is 1. The number of rotatable bonds is 10. The van der Waals surface area contributed by atoms with E-state index in [1.54, 1.807) is 0 Å². The summed E-state index contributed by atoms with van der Waals surface area (Å²) in [6, 6.07) is 8.06. The highest BCUT2D eigenvalue weighted by Gasteiger charge is 2.71. The lowest BCUT2D eigenvalue weighted by atomic mass is 9.32. The van der Waals surface area contributed by atoms with Crippen LogP contribution >= 0.6 is 0 Å². The van der Waals surface area contributed by atoms with Crippen molar-refractivity contribution in [2.45, 2.75) is 151 Å². The van der Waals surface area contributed by atoms with Crippen molar-refractivity contribution in [1.82, 2.24) is 0 Å². The fourth-order valence-electron chi connectivity index (χ4n) is 13.7. The number of carbonyl (C=O) groups is 3. The van der Waals surface area contributed by atoms with Crippen molar-refractivity contribution in [3.05, 3.63) is 53.6 Å². The standard InChI is InChI=1S/C47H68O6/c1-11-52-38(48)15-13-12-14-30(2)33-22-27-47(41(50)51)29-28-45(9)35(39(33)47)20-21-37-44(8)25-23-34(43(6,7)36(44)24-26-46(37,45)10)31-16-18-32(19-17-31)40(49)53-42(3,4)5/h16-19,23,33,35-37,39H,2,11-15,20-22,24-29H2,1,3-10H3,(H,50,51)/t33-,35+,36-,37+,39+,44-,45+,46+,47-/m0/s1. The number of aliphatic carboxylic acids is 1. The van der Waals surface area contributed by atoms with Gasteiger partial charge in [-0.2, -0.15) is 0 Å². The number of hydrogen-bond acceptors (Lipinski definition) is 5. The van der Waals surface area contributed by atoms with Crippen LogP contribution in [0.3, 0.4) is 0 Å². The van der Waals surface area contributed by atoms with Crippen LogP contribution in [0.15, 0.2) is 42.5 Å². The Hall–Kier alpha value is -2.89. The Balaban J connectivity index is 1.25. The number of ether oxygens (including phenoxy) is 2. The molecule has 0 amide bonds. The van der Waals surface area contributed by atoms with Gasteiger partial charge in [-0.05, 0) is 179 Å². The van der Waals surface area contributed by atoms with E-state index in [0.717, 1.165) is 70.6 Å². The molecule has 5 aliphatic carbocycles. The summed E-state index contributed by atoms with van der Waals surface area (Å²) in [6.07, 6.45) is 14.5. The predicted molar refractivity (Wildman–Crippen MR) is 211 cm³/mol. The Morgan fingerprint density at radius 3 is 2.17 bits per heavy atom. The Kier molecular flexibility index (Phi) is 10.5. The maximum atomic E-state index is 13.3. The Bertz CT molecular complexity index is 1630. The number of allylic oxidation sites excluding steroid dienone is 3. The van der Waals surface area contributed by atoms with Crippen molar-refractivity contribution in [1.29, 1.82) is 0 Å². The number of carbonyl (C=O) groups excluding carboxylic acids is 2. The Labute approximate surface area is 319 Å². The van der Waals surface area contributed by atoms with Crippen LogP contribution in [0.2, 0.25) is 0 Å². The number of esters is 2. The molecule has 4 saturated carbocycles. The number of carboxylic acids is 1. The lowest BCUT2D eigenvalue weighted by molar-refractivity contribution is -0.228. The van der Waals surface area contributed by atoms with Gasteiger partial charge in [0.15, 0.2) is 0 Å². The van der Waals surface area contributed by atoms with Crippen molar-refractivity contribution >= 4 is 23.5 Å². The van der Waals surface area contributed by atoms with Gasteiger partial charge in [0, 0.05) is 6.42 Å². The first-order valence-electron chi connectivity index (χ1n) is 20.9. The molecule has 9 atom stereocenters. The summed E-state index contributed by atoms with van der Waals surface area (Å²) >= 11 is 0. The number of carboxylic acid groups (broad SMARTS) is 1. The largest absolute Gasteiger partial charge is 0.481 e. The number of benzene rings is 1. The van der Waals surface area contributed by atoms with E-state index in [4.69, 9.17) is 9.47 Å². The van der Waals surface area contributed by atoms with Crippen molar-refractivity contribution in [3.8, 4) is 0 Å². The molecule has 0 aromatic heterocycles. The molecule has 0 aliphatic heterocycles. The smallest absolute Gasteiger partial charge is 0.338 e. The van der Waals surface area contributed by atoms with Gasteiger partial charge in [0.1, 0.15) is 5.60 Å². The van der Waals surface area contributed by atoms with Crippen molar-refractivity contribution < 1.29 is 29.0 Å². The maximum Gasteiger partial charge on any atom is 0.338 e. The molecule has 6 rings (SSSR count). The van der Waals surface area contributed by atoms with Gasteiger partial charge in [0.2, 0.25) is 0 Å². The zero-order valence-corrected chi connectivity index (χ0v) is 34.4. The summed E-state index contributed by atoms with van der Waals surface area (Å²) < 4.78 is 10.8. The van der Waals surface area contributed by atoms with E-state index < -0.39 is 17.0 Å². The average molecular weight is 729 g/mol. The molecule has 6 heteroatoms. The first-order valence-corrected chi connectivity index (χ1v) is 20.9. The second-order valence-electron chi connectivity index (χ2n) is 20.1. The highest BCUT2D eigenvalue weighted by atomic mass is 16.6. The minimum absolute atomic E-state index is 0.0356. The Morgan fingerprint density at radius 2 is 1.53 bits per heavy atom. The van der Waals surface area contributed by atoms with E-state index in [2.05, 4.69) is 59.4 Å². The molecule has 6 nitrogen and oxygen atoms in total. The zero-order valence-electron chi connectivity index (χ0n) is 34.4. The van der Waals surface area contributed by atoms with E-state index >= 15 is 0 Å². The highest BCUT2D eigenvalue weighted by molar-refractivity contribution is 5.90. The zero-order chi connectivity index (χ0) is 38.8. The van der Waals surface area contributed by atoms with E-state index in [9.17, 15) is 19.5 Å². The minimum Gasteiger partial charge on any atom is -0.481 e. The molecule has 4 fully saturated rings. The summed E-state index contributed by atoms with van der Waals surface area (Å²) in [5.74, 6) is 0.788. The third kappa shape index (κ3) is 6.54. The predicted octanol–water partition coefficient (Wildman–Crippen LogP) is 11.5. The molecule has 0 unspecified atom stereocenters. The van der Waals surface area contributed by atoms with Crippen molar-refractivity contribution in [3.63, 3.8) is 0 Å². The Morgan fingerprint density at radius 1 is 0.849 bits per heavy atom. The summed E-state index contributed by atoms with van der Waals surface area (Å²) in [6.45, 7) is 25.2. The summed E-state index contributed by atoms with van der Waals surface area (Å²) in [5, 5.41) is 10.9. The lowest BCUT2D eigenvalue weighted by Crippen LogP contribution is -2.65. The monoisotopic (exact) mass is 729 g/mol. The van der Waals surface area contributed by atoms with E-state index in [0.29, 0.717) is 36.3 Å². The average Bonchev–Trinajstić information content (AvgIpc) is 3.48. The van der Waals surface area contributed by atoms with Gasteiger partial charge in [-0.3, -0.25) is 9.59 Å². The van der Waals surface area contributed by atoms with Crippen molar-refractivity contribution in [2.75, 3.05) is 6.61 Å². The molecule has 1 N–H and O–H groups in total. The van der Waals surface area contributed by atoms with Gasteiger partial charge in [-0.1, -0.05) is 65.0 Å². The number of unbranched alkanes of at least 4 members (excludes halogenated alkanes) is 1. The molecule has 0 saturated heterocycles. The van der Waals surface area contributed by atoms with Crippen LogP contribution < -0.4 is 0 Å². The molecule has 292 valence electrons. The highest BCUT2D eigenvalue weighted by Crippen LogP contribution is 2.77. The summed E-state index contributed by atoms with van der Waals surface area (Å²) in [4.78, 5) is 38.0. The van der Waals surface area contributed by atoms with Crippen LogP contribution in [-0.2, 0) is 19.1 Å². The van der Waals surface area contributed by atoms with Crippen LogP contribution in [0, 0.1) is 56.7 Å². The molecule has 1 aromatic rings. The normalized spacial score (nSPS) is 37.2. The second kappa shape index (κ2) is 14.0. The van der Waals surface area contributed by atoms with Crippen LogP contribution in [0.5, 0.6) is 0 Å². The van der Waals surface area contributed by atoms with Gasteiger partial charge in [-0.15, -0.1) is 0 Å². The molecule has 0 spiro atoms. The first-order chi connectivity index (χ1) is 24.7. The fraction of sp³-hybridized carbons (Fsp3) is 0.723. The molecular weight excluding hydrogens is 661 g/mol. The fourth-order valence-corrected chi connectivity index (χ4v) is 13.7. The molecule has 1 aromatic carbocycles. The maximum absolute atomic E-state index is 13.3. The van der Waals surface area contributed by atoms with E-state index in [-0.39, 0.29) is 45.4 Å². The van der Waals surface area contributed by atoms with Gasteiger partial charge >= 0.3 is 17.9 Å². The lowest BCUT2D eigenvalue weighted by Gasteiger charge is -2.72. The topological polar surface area (TPSA) is 89.9 Å². The van der Waals surface area contributed by atoms with E-state index in [1.807, 2.05) is 39.8 Å². The second-order valence-corrected chi connectivity index (χ2v) is 20.1. The van der Waals surface area contributed by atoms with Crippen LogP contribution in [0.4, 0.5) is 0 Å². The SMILES string of the molecule is C=C(CCCCC(=O)OCC)[C@@H]1CC[C@]2(C(=O)O)CC[C@]3(C)[C@H](CC[C@@H]4[C@@]5(C)CC=C(c6ccc(C(=O)OC(C)(C)C)cc6)C(C)(C)[C@@H]5CC[C@]43C)[C@@H]12. The molecule has 53 heavy (non-hydrogen) atoms. The molecule has 0 radical (unpaired) electrons. The summed E-state index contributed by atoms with van der Waals surface area (Å²) in [7, 11) is 0. The first kappa shape index (κ1) is 39.8. The summed E-state index contributed by atoms with van der Waals surface area (Å²) in [5.41, 5.74) is 3.48.